The molecule has 0 aliphatic rings. The molecule has 0 fully saturated rings. The fraction of sp³-hybridized carbons (Fsp3) is 0.404. The van der Waals surface area contributed by atoms with Crippen molar-refractivity contribution >= 4 is 17.9 Å². The van der Waals surface area contributed by atoms with E-state index in [1.807, 2.05) is 133 Å². The van der Waals surface area contributed by atoms with Crippen LogP contribution in [0.3, 0.4) is 0 Å². The van der Waals surface area contributed by atoms with E-state index in [2.05, 4.69) is 12.1 Å². The average Bonchev–Trinajstić information content (AvgIpc) is 3.30. The summed E-state index contributed by atoms with van der Waals surface area (Å²) in [7, 11) is 5.15. The summed E-state index contributed by atoms with van der Waals surface area (Å²) in [6.45, 7) is 28.2. The quantitative estimate of drug-likeness (QED) is 0.0957. The van der Waals surface area contributed by atoms with Gasteiger partial charge in [0.1, 0.15) is 40.2 Å². The number of aliphatic hydroxyl groups is 1. The minimum atomic E-state index is 0.0750. The van der Waals surface area contributed by atoms with E-state index in [0.29, 0.717) is 17.9 Å². The number of carbonyl (C=O) groups excluding carboxylic acids is 1. The van der Waals surface area contributed by atoms with Gasteiger partial charge in [-0.05, 0) is 159 Å². The van der Waals surface area contributed by atoms with Crippen LogP contribution in [0.2, 0.25) is 0 Å². The Kier molecular flexibility index (Phi) is 37.1. The van der Waals surface area contributed by atoms with Crippen LogP contribution in [-0.4, -0.2) is 53.9 Å². The molecule has 62 heavy (non-hydrogen) atoms. The number of benzene rings is 5. The van der Waals surface area contributed by atoms with Gasteiger partial charge in [0.15, 0.2) is 0 Å². The van der Waals surface area contributed by atoms with Crippen LogP contribution < -0.4 is 19.3 Å². The Morgan fingerprint density at radius 1 is 0.581 bits per heavy atom. The number of aliphatic hydroxyl groups excluding tert-OH is 1. The van der Waals surface area contributed by atoms with Crippen molar-refractivity contribution in [2.45, 2.75) is 121 Å². The van der Waals surface area contributed by atoms with Crippen LogP contribution in [0.15, 0.2) is 102 Å². The Labute approximate surface area is 380 Å². The molecule has 0 saturated heterocycles. The maximum Gasteiger partial charge on any atom is 0.226 e. The number of nitrogens with two attached hydrogens (primary N) is 1. The van der Waals surface area contributed by atoms with E-state index >= 15 is 0 Å². The molecule has 1 amide bonds. The number of amides is 1. The second kappa shape index (κ2) is 37.6. The highest BCUT2D eigenvalue weighted by Crippen LogP contribution is 2.32. The van der Waals surface area contributed by atoms with Crippen LogP contribution in [0, 0.1) is 27.7 Å². The Morgan fingerprint density at radius 3 is 1.23 bits per heavy atom. The Balaban J connectivity index is -0.000000797. The van der Waals surface area contributed by atoms with Crippen molar-refractivity contribution in [1.29, 1.82) is 0 Å². The van der Waals surface area contributed by atoms with Crippen LogP contribution in [0.1, 0.15) is 109 Å². The third kappa shape index (κ3) is 24.3. The van der Waals surface area contributed by atoms with Crippen molar-refractivity contribution in [2.24, 2.45) is 5.14 Å². The molecule has 5 rings (SSSR count). The van der Waals surface area contributed by atoms with Gasteiger partial charge in [0.2, 0.25) is 5.91 Å². The summed E-state index contributed by atoms with van der Waals surface area (Å²) in [5.74, 6) is 4.38. The molecule has 9 nitrogen and oxygen atoms in total. The third-order valence-corrected chi connectivity index (χ3v) is 8.37. The van der Waals surface area contributed by atoms with Gasteiger partial charge in [-0.3, -0.25) is 9.93 Å². The number of hydrogen-bond acceptors (Lipinski definition) is 9. The molecule has 5 aromatic rings. The highest BCUT2D eigenvalue weighted by Gasteiger charge is 2.12. The number of phenolic OH excluding ortho intramolecular Hbond substituents is 2. The van der Waals surface area contributed by atoms with E-state index < -0.39 is 0 Å². The third-order valence-electron chi connectivity index (χ3n) is 7.83. The maximum absolute atomic E-state index is 11.8. The molecule has 10 heteroatoms. The smallest absolute Gasteiger partial charge is 0.226 e. The van der Waals surface area contributed by atoms with Crippen molar-refractivity contribution in [3.8, 4) is 40.2 Å². The lowest BCUT2D eigenvalue weighted by Crippen LogP contribution is -2.23. The lowest BCUT2D eigenvalue weighted by molar-refractivity contribution is -0.127. The van der Waals surface area contributed by atoms with Gasteiger partial charge in [0.25, 0.3) is 0 Å². The number of likely N-dealkylation sites (N-methyl/N-ethyl adjacent to an activating group) is 1. The fourth-order valence-corrected chi connectivity index (χ4v) is 5.48. The minimum absolute atomic E-state index is 0.0750. The van der Waals surface area contributed by atoms with Gasteiger partial charge >= 0.3 is 0 Å². The highest BCUT2D eigenvalue weighted by molar-refractivity contribution is 7.97. The molecule has 346 valence electrons. The summed E-state index contributed by atoms with van der Waals surface area (Å²) in [6, 6.07) is 29.1. The van der Waals surface area contributed by atoms with E-state index in [0.717, 1.165) is 62.8 Å². The molecule has 0 spiro atoms. The number of hydrogen-bond donors (Lipinski definition) is 4. The first kappa shape index (κ1) is 61.1. The van der Waals surface area contributed by atoms with E-state index in [-0.39, 0.29) is 24.0 Å². The number of phenols is 2. The number of methoxy groups -OCH3 is 1. The van der Waals surface area contributed by atoms with E-state index in [1.54, 1.807) is 74.6 Å². The zero-order chi connectivity index (χ0) is 48.2. The molecule has 0 aliphatic heterocycles. The van der Waals surface area contributed by atoms with Crippen LogP contribution in [-0.2, 0) is 17.6 Å². The maximum atomic E-state index is 11.8. The topological polar surface area (TPSA) is 135 Å². The first-order chi connectivity index (χ1) is 29.8. The van der Waals surface area contributed by atoms with Gasteiger partial charge in [-0.25, -0.2) is 0 Å². The SMILES string of the molecule is CC.CC.CC.CC.CC.COc1ccc(SN)cc1.Cc1cc(CC(=O)N(C)C)cc(C)c1Oc1ccc(O)cc1.Cc1cc(CCCO)cc(C)c1Oc1ccc(O)cc1. The molecule has 0 heterocycles. The Bertz CT molecular complexity index is 1790. The zero-order valence-electron chi connectivity index (χ0n) is 41.0. The van der Waals surface area contributed by atoms with E-state index in [9.17, 15) is 15.0 Å². The van der Waals surface area contributed by atoms with Crippen molar-refractivity contribution in [3.63, 3.8) is 0 Å². The number of aromatic hydroxyl groups is 2. The minimum Gasteiger partial charge on any atom is -0.508 e. The summed E-state index contributed by atoms with van der Waals surface area (Å²) in [4.78, 5) is 14.4. The molecular weight excluding hydrogens is 797 g/mol. The molecule has 0 atom stereocenters. The summed E-state index contributed by atoms with van der Waals surface area (Å²) in [5.41, 5.74) is 6.31. The van der Waals surface area contributed by atoms with Crippen LogP contribution in [0.25, 0.3) is 0 Å². The molecule has 0 unspecified atom stereocenters. The number of carbonyl (C=O) groups is 1. The van der Waals surface area contributed by atoms with Crippen LogP contribution in [0.5, 0.6) is 40.2 Å². The second-order valence-electron chi connectivity index (χ2n) is 12.4. The number of aryl methyl sites for hydroxylation is 5. The molecule has 0 aliphatic carbocycles. The lowest BCUT2D eigenvalue weighted by Gasteiger charge is -2.15. The number of nitrogens with zero attached hydrogens (tertiary/aromatic N) is 1. The normalized spacial score (nSPS) is 9.08. The van der Waals surface area contributed by atoms with Gasteiger partial charge in [-0.1, -0.05) is 93.5 Å². The van der Waals surface area contributed by atoms with Crippen molar-refractivity contribution in [3.05, 3.63) is 130 Å². The highest BCUT2D eigenvalue weighted by atomic mass is 32.2. The first-order valence-corrected chi connectivity index (χ1v) is 22.7. The molecular formula is C52H80N2O7S. The second-order valence-corrected chi connectivity index (χ2v) is 13.1. The predicted molar refractivity (Wildman–Crippen MR) is 266 cm³/mol. The molecule has 0 radical (unpaired) electrons. The zero-order valence-corrected chi connectivity index (χ0v) is 41.8. The summed E-state index contributed by atoms with van der Waals surface area (Å²) < 4.78 is 16.8. The number of rotatable bonds is 11. The molecule has 5 aromatic carbocycles. The van der Waals surface area contributed by atoms with Crippen LogP contribution in [0.4, 0.5) is 0 Å². The molecule has 5 N–H and O–H groups in total. The van der Waals surface area contributed by atoms with Gasteiger partial charge in [0.05, 0.1) is 13.5 Å². The van der Waals surface area contributed by atoms with Crippen molar-refractivity contribution in [1.82, 2.24) is 4.90 Å². The molecule has 0 bridgehead atoms. The summed E-state index contributed by atoms with van der Waals surface area (Å²) in [6.07, 6.45) is 2.03. The summed E-state index contributed by atoms with van der Waals surface area (Å²) >= 11 is 1.23. The van der Waals surface area contributed by atoms with Gasteiger partial charge in [-0.15, -0.1) is 0 Å². The predicted octanol–water partition coefficient (Wildman–Crippen LogP) is 14.0. The van der Waals surface area contributed by atoms with Gasteiger partial charge < -0.3 is 34.4 Å². The van der Waals surface area contributed by atoms with E-state index in [1.165, 1.54) is 17.5 Å². The van der Waals surface area contributed by atoms with Gasteiger partial charge in [-0.2, -0.15) is 0 Å². The van der Waals surface area contributed by atoms with E-state index in [4.69, 9.17) is 24.5 Å². The summed E-state index contributed by atoms with van der Waals surface area (Å²) in [5, 5.41) is 32.8. The molecule has 0 saturated carbocycles. The fourth-order valence-electron chi connectivity index (χ4n) is 5.18. The first-order valence-electron chi connectivity index (χ1n) is 21.8. The standard InChI is InChI=1S/C18H21NO3.C17H20O3.C7H9NOS.5C2H6/c1-12-9-14(11-17(21)19(3)4)10-13(2)18(12)22-16-7-5-15(20)6-8-16;1-12-10-14(4-3-9-18)11-13(2)17(12)20-16-7-5-15(19)6-8-16;1-9-6-2-4-7(10-8)5-3-6;5*1-2/h5-10,20H,11H2,1-4H3;5-8,10-11,18-19H,3-4,9H2,1-2H3;2-5H,8H2,1H3;5*1-2H3. The van der Waals surface area contributed by atoms with Crippen molar-refractivity contribution < 1.29 is 34.3 Å². The monoisotopic (exact) mass is 877 g/mol. The Hall–Kier alpha value is -5.16. The number of ether oxygens (including phenoxy) is 3. The average molecular weight is 877 g/mol. The van der Waals surface area contributed by atoms with Crippen LogP contribution >= 0.6 is 11.9 Å². The lowest BCUT2D eigenvalue weighted by atomic mass is 10.0. The van der Waals surface area contributed by atoms with Crippen molar-refractivity contribution in [2.75, 3.05) is 27.8 Å². The Morgan fingerprint density at radius 2 is 0.919 bits per heavy atom. The molecule has 0 aromatic heterocycles. The van der Waals surface area contributed by atoms with Gasteiger partial charge in [0, 0.05) is 25.6 Å². The largest absolute Gasteiger partial charge is 0.508 e.